The van der Waals surface area contributed by atoms with Crippen LogP contribution in [0.25, 0.3) is 0 Å². The molecule has 1 aromatic rings. The summed E-state index contributed by atoms with van der Waals surface area (Å²) >= 11 is 5.94. The number of aldehydes is 1. The normalized spacial score (nSPS) is 26.1. The fourth-order valence-electron chi connectivity index (χ4n) is 1.23. The number of anilines is 1. The molecule has 0 bridgehead atoms. The summed E-state index contributed by atoms with van der Waals surface area (Å²) in [6.07, 6.45) is 0.674. The lowest BCUT2D eigenvalue weighted by atomic mass is 10.1. The smallest absolute Gasteiger partial charge is 0.193 e. The molecule has 1 aliphatic heterocycles. The van der Waals surface area contributed by atoms with Crippen molar-refractivity contribution in [3.05, 3.63) is 29.8 Å². The lowest BCUT2D eigenvalue weighted by Gasteiger charge is -2.12. The molecular formula is C8H7ClN2O. The molecule has 2 rings (SSSR count). The lowest BCUT2D eigenvalue weighted by molar-refractivity contribution is -0.110. The van der Waals surface area contributed by atoms with E-state index >= 15 is 0 Å². The Labute approximate surface area is 74.7 Å². The van der Waals surface area contributed by atoms with Gasteiger partial charge in [0.25, 0.3) is 0 Å². The van der Waals surface area contributed by atoms with E-state index in [-0.39, 0.29) is 0 Å². The van der Waals surface area contributed by atoms with Crippen molar-refractivity contribution in [3.63, 3.8) is 0 Å². The van der Waals surface area contributed by atoms with E-state index in [0.717, 1.165) is 11.3 Å². The maximum absolute atomic E-state index is 10.7. The van der Waals surface area contributed by atoms with E-state index in [0.29, 0.717) is 6.29 Å². The lowest BCUT2D eigenvalue weighted by Crippen LogP contribution is -2.35. The Kier molecular flexibility index (Phi) is 1.56. The molecule has 0 aliphatic carbocycles. The Morgan fingerprint density at radius 1 is 1.42 bits per heavy atom. The van der Waals surface area contributed by atoms with E-state index < -0.39 is 5.00 Å². The molecule has 3 nitrogen and oxygen atoms in total. The van der Waals surface area contributed by atoms with Crippen LogP contribution in [0.3, 0.4) is 0 Å². The first kappa shape index (κ1) is 7.58. The first-order valence-corrected chi connectivity index (χ1v) is 3.92. The van der Waals surface area contributed by atoms with Gasteiger partial charge in [0.1, 0.15) is 0 Å². The average molecular weight is 183 g/mol. The molecule has 1 heterocycles. The van der Waals surface area contributed by atoms with E-state index in [1.165, 1.54) is 0 Å². The van der Waals surface area contributed by atoms with Gasteiger partial charge in [-0.2, -0.15) is 0 Å². The molecule has 0 amide bonds. The Morgan fingerprint density at radius 2 is 2.17 bits per heavy atom. The van der Waals surface area contributed by atoms with Crippen molar-refractivity contribution >= 4 is 23.6 Å². The second kappa shape index (κ2) is 2.47. The molecule has 1 atom stereocenters. The van der Waals surface area contributed by atoms with Gasteiger partial charge < -0.3 is 5.43 Å². The fraction of sp³-hybridized carbons (Fsp3) is 0.125. The predicted octanol–water partition coefficient (Wildman–Crippen LogP) is 1.21. The molecule has 1 unspecified atom stereocenters. The molecule has 0 aromatic heterocycles. The van der Waals surface area contributed by atoms with Crippen LogP contribution in [0.2, 0.25) is 0 Å². The third-order valence-electron chi connectivity index (χ3n) is 1.86. The SMILES string of the molecule is O=CC1(Cl)NNc2ccccc21. The van der Waals surface area contributed by atoms with Gasteiger partial charge in [-0.25, -0.2) is 5.43 Å². The van der Waals surface area contributed by atoms with Crippen LogP contribution < -0.4 is 10.9 Å². The molecule has 0 radical (unpaired) electrons. The minimum Gasteiger partial charge on any atom is -0.319 e. The Hall–Kier alpha value is -1.06. The van der Waals surface area contributed by atoms with Crippen LogP contribution in [0, 0.1) is 0 Å². The highest BCUT2D eigenvalue weighted by Gasteiger charge is 2.35. The van der Waals surface area contributed by atoms with Crippen molar-refractivity contribution in [2.24, 2.45) is 0 Å². The highest BCUT2D eigenvalue weighted by molar-refractivity contribution is 6.32. The molecule has 62 valence electrons. The van der Waals surface area contributed by atoms with Crippen molar-refractivity contribution in [3.8, 4) is 0 Å². The van der Waals surface area contributed by atoms with Gasteiger partial charge in [0.2, 0.25) is 0 Å². The zero-order chi connectivity index (χ0) is 8.60. The second-order valence-corrected chi connectivity index (χ2v) is 3.22. The zero-order valence-electron chi connectivity index (χ0n) is 6.17. The number of para-hydroxylation sites is 1. The van der Waals surface area contributed by atoms with Crippen molar-refractivity contribution < 1.29 is 4.79 Å². The molecule has 0 saturated heterocycles. The Bertz CT molecular complexity index is 329. The predicted molar refractivity (Wildman–Crippen MR) is 46.8 cm³/mol. The van der Waals surface area contributed by atoms with Gasteiger partial charge in [0.15, 0.2) is 11.3 Å². The molecule has 0 spiro atoms. The van der Waals surface area contributed by atoms with Crippen LogP contribution in [0.15, 0.2) is 24.3 Å². The molecule has 1 aromatic carbocycles. The molecule has 0 saturated carbocycles. The number of hydrogen-bond donors (Lipinski definition) is 2. The number of hydrazine groups is 1. The largest absolute Gasteiger partial charge is 0.319 e. The number of hydrogen-bond acceptors (Lipinski definition) is 3. The average Bonchev–Trinajstić information content (AvgIpc) is 2.46. The van der Waals surface area contributed by atoms with Gasteiger partial charge in [-0.3, -0.25) is 4.79 Å². The minimum atomic E-state index is -1.10. The molecule has 12 heavy (non-hydrogen) atoms. The summed E-state index contributed by atoms with van der Waals surface area (Å²) < 4.78 is 0. The van der Waals surface area contributed by atoms with Gasteiger partial charge >= 0.3 is 0 Å². The highest BCUT2D eigenvalue weighted by Crippen LogP contribution is 2.34. The van der Waals surface area contributed by atoms with Crippen LogP contribution in [-0.4, -0.2) is 6.29 Å². The van der Waals surface area contributed by atoms with Crippen LogP contribution in [-0.2, 0) is 9.79 Å². The van der Waals surface area contributed by atoms with E-state index in [4.69, 9.17) is 11.6 Å². The molecule has 1 aliphatic rings. The summed E-state index contributed by atoms with van der Waals surface area (Å²) in [7, 11) is 0. The van der Waals surface area contributed by atoms with Crippen LogP contribution in [0.4, 0.5) is 5.69 Å². The summed E-state index contributed by atoms with van der Waals surface area (Å²) in [5, 5.41) is 0. The van der Waals surface area contributed by atoms with Crippen LogP contribution >= 0.6 is 11.6 Å². The third kappa shape index (κ3) is 0.906. The van der Waals surface area contributed by atoms with Gasteiger partial charge in [-0.1, -0.05) is 29.8 Å². The summed E-state index contributed by atoms with van der Waals surface area (Å²) in [5.74, 6) is 0. The minimum absolute atomic E-state index is 0.674. The summed E-state index contributed by atoms with van der Waals surface area (Å²) in [4.78, 5) is 9.56. The summed E-state index contributed by atoms with van der Waals surface area (Å²) in [6, 6.07) is 7.38. The zero-order valence-corrected chi connectivity index (χ0v) is 6.93. The Balaban J connectivity index is 2.56. The standard InChI is InChI=1S/C8H7ClN2O/c9-8(5-12)6-3-1-2-4-7(6)10-11-8/h1-5,10-11H. The number of nitrogens with one attached hydrogen (secondary N) is 2. The Morgan fingerprint density at radius 3 is 2.92 bits per heavy atom. The van der Waals surface area contributed by atoms with Crippen molar-refractivity contribution in [2.45, 2.75) is 5.00 Å². The van der Waals surface area contributed by atoms with Gasteiger partial charge in [0, 0.05) is 5.56 Å². The van der Waals surface area contributed by atoms with Crippen molar-refractivity contribution in [1.29, 1.82) is 0 Å². The number of benzene rings is 1. The van der Waals surface area contributed by atoms with Gasteiger partial charge in [0.05, 0.1) is 5.69 Å². The number of alkyl halides is 1. The monoisotopic (exact) mass is 182 g/mol. The van der Waals surface area contributed by atoms with E-state index in [1.807, 2.05) is 24.3 Å². The number of carbonyl (C=O) groups excluding carboxylic acids is 1. The first-order valence-electron chi connectivity index (χ1n) is 3.54. The number of halogens is 1. The fourth-order valence-corrected chi connectivity index (χ4v) is 1.44. The second-order valence-electron chi connectivity index (χ2n) is 2.63. The van der Waals surface area contributed by atoms with Gasteiger partial charge in [-0.15, -0.1) is 0 Å². The van der Waals surface area contributed by atoms with Crippen LogP contribution in [0.5, 0.6) is 0 Å². The summed E-state index contributed by atoms with van der Waals surface area (Å²) in [5.41, 5.74) is 7.14. The van der Waals surface area contributed by atoms with E-state index in [2.05, 4.69) is 10.9 Å². The molecule has 0 fully saturated rings. The van der Waals surface area contributed by atoms with Gasteiger partial charge in [-0.05, 0) is 6.07 Å². The number of carbonyl (C=O) groups is 1. The topological polar surface area (TPSA) is 41.1 Å². The molecule has 4 heteroatoms. The first-order chi connectivity index (χ1) is 5.76. The maximum atomic E-state index is 10.7. The number of fused-ring (bicyclic) bond motifs is 1. The molecular weight excluding hydrogens is 176 g/mol. The van der Waals surface area contributed by atoms with Crippen molar-refractivity contribution in [1.82, 2.24) is 5.43 Å². The highest BCUT2D eigenvalue weighted by atomic mass is 35.5. The maximum Gasteiger partial charge on any atom is 0.193 e. The third-order valence-corrected chi connectivity index (χ3v) is 2.25. The quantitative estimate of drug-likeness (QED) is 0.390. The molecule has 2 N–H and O–H groups in total. The van der Waals surface area contributed by atoms with E-state index in [9.17, 15) is 4.79 Å². The van der Waals surface area contributed by atoms with Crippen molar-refractivity contribution in [2.75, 3.05) is 5.43 Å². The number of rotatable bonds is 1. The van der Waals surface area contributed by atoms with E-state index in [1.54, 1.807) is 0 Å². The summed E-state index contributed by atoms with van der Waals surface area (Å²) in [6.45, 7) is 0. The van der Waals surface area contributed by atoms with Crippen LogP contribution in [0.1, 0.15) is 5.56 Å².